The van der Waals surface area contributed by atoms with Crippen LogP contribution in [-0.4, -0.2) is 39.6 Å². The predicted molar refractivity (Wildman–Crippen MR) is 90.6 cm³/mol. The number of nitrogens with one attached hydrogen (secondary N) is 1. The molecular weight excluding hydrogens is 332 g/mol. The number of carboxylic acid groups (broad SMARTS) is 1. The third-order valence-electron chi connectivity index (χ3n) is 3.53. The maximum Gasteiger partial charge on any atom is 0.354 e. The Morgan fingerprint density at radius 2 is 2.17 bits per heavy atom. The number of nitrogens with zero attached hydrogens (tertiary/aromatic N) is 3. The summed E-state index contributed by atoms with van der Waals surface area (Å²) in [6.45, 7) is 0. The number of hydrogen-bond donors (Lipinski definition) is 2. The minimum Gasteiger partial charge on any atom is -0.477 e. The van der Waals surface area contributed by atoms with Crippen LogP contribution in [0.5, 0.6) is 0 Å². The van der Waals surface area contributed by atoms with Crippen LogP contribution in [0.3, 0.4) is 0 Å². The van der Waals surface area contributed by atoms with Gasteiger partial charge in [0, 0.05) is 11.0 Å². The summed E-state index contributed by atoms with van der Waals surface area (Å²) in [7, 11) is 0. The highest BCUT2D eigenvalue weighted by molar-refractivity contribution is 8.03. The van der Waals surface area contributed by atoms with Crippen molar-refractivity contribution in [3.8, 4) is 6.07 Å². The van der Waals surface area contributed by atoms with Gasteiger partial charge >= 0.3 is 5.97 Å². The molecule has 3 unspecified atom stereocenters. The number of aliphatic carboxylic acids is 1. The SMILES string of the molecule is CSC1NN2C(Sc3ccccc3)=CC(C(=O)O)=NC2C1C#N. The summed E-state index contributed by atoms with van der Waals surface area (Å²) in [5.41, 5.74) is 3.24. The van der Waals surface area contributed by atoms with Gasteiger partial charge in [0.2, 0.25) is 0 Å². The van der Waals surface area contributed by atoms with E-state index >= 15 is 0 Å². The van der Waals surface area contributed by atoms with Crippen molar-refractivity contribution >= 4 is 35.2 Å². The molecule has 8 heteroatoms. The molecular formula is C15H14N4O2S2. The quantitative estimate of drug-likeness (QED) is 0.863. The fraction of sp³-hybridized carbons (Fsp3) is 0.267. The van der Waals surface area contributed by atoms with Gasteiger partial charge in [0.25, 0.3) is 0 Å². The van der Waals surface area contributed by atoms with Crippen LogP contribution < -0.4 is 5.43 Å². The summed E-state index contributed by atoms with van der Waals surface area (Å²) in [5.74, 6) is -1.50. The summed E-state index contributed by atoms with van der Waals surface area (Å²) in [5, 5.41) is 21.2. The van der Waals surface area contributed by atoms with E-state index in [-0.39, 0.29) is 11.1 Å². The molecule has 0 spiro atoms. The standard InChI is InChI=1S/C15H14N4O2S2/c1-22-14-10(8-16)13-17-11(15(20)21)7-12(19(13)18-14)23-9-5-3-2-4-6-9/h2-7,10,13-14,18H,1H3,(H,20,21). The summed E-state index contributed by atoms with van der Waals surface area (Å²) in [6, 6.07) is 11.9. The number of carbonyl (C=O) groups is 1. The Morgan fingerprint density at radius 3 is 2.78 bits per heavy atom. The lowest BCUT2D eigenvalue weighted by Gasteiger charge is -2.29. The van der Waals surface area contributed by atoms with E-state index in [9.17, 15) is 15.2 Å². The molecule has 0 aliphatic carbocycles. The summed E-state index contributed by atoms with van der Waals surface area (Å²) in [4.78, 5) is 16.6. The van der Waals surface area contributed by atoms with Gasteiger partial charge in [-0.2, -0.15) is 5.26 Å². The van der Waals surface area contributed by atoms with Crippen LogP contribution in [0.2, 0.25) is 0 Å². The number of rotatable bonds is 4. The van der Waals surface area contributed by atoms with Crippen molar-refractivity contribution in [2.45, 2.75) is 16.4 Å². The van der Waals surface area contributed by atoms with E-state index in [0.717, 1.165) is 9.92 Å². The fourth-order valence-electron chi connectivity index (χ4n) is 2.45. The molecule has 2 N–H and O–H groups in total. The van der Waals surface area contributed by atoms with Crippen LogP contribution in [0.25, 0.3) is 0 Å². The molecule has 3 rings (SSSR count). The first-order chi connectivity index (χ1) is 11.1. The number of aliphatic imine (C=N–C) groups is 1. The zero-order chi connectivity index (χ0) is 16.4. The van der Waals surface area contributed by atoms with Gasteiger partial charge in [-0.25, -0.2) is 15.2 Å². The van der Waals surface area contributed by atoms with Crippen LogP contribution >= 0.6 is 23.5 Å². The number of nitriles is 1. The van der Waals surface area contributed by atoms with Gasteiger partial charge < -0.3 is 5.11 Å². The number of hydrazine groups is 1. The molecule has 118 valence electrons. The molecule has 0 saturated carbocycles. The molecule has 3 atom stereocenters. The lowest BCUT2D eigenvalue weighted by atomic mass is 10.1. The van der Waals surface area contributed by atoms with Crippen molar-refractivity contribution < 1.29 is 9.90 Å². The van der Waals surface area contributed by atoms with Gasteiger partial charge in [-0.3, -0.25) is 5.01 Å². The largest absolute Gasteiger partial charge is 0.477 e. The van der Waals surface area contributed by atoms with Crippen molar-refractivity contribution in [2.24, 2.45) is 10.9 Å². The number of benzene rings is 1. The monoisotopic (exact) mass is 346 g/mol. The molecule has 2 aliphatic heterocycles. The molecule has 23 heavy (non-hydrogen) atoms. The minimum atomic E-state index is -1.08. The van der Waals surface area contributed by atoms with Crippen molar-refractivity contribution in [1.29, 1.82) is 5.26 Å². The Balaban J connectivity index is 1.96. The molecule has 1 aromatic carbocycles. The first-order valence-electron chi connectivity index (χ1n) is 6.87. The topological polar surface area (TPSA) is 88.7 Å². The maximum absolute atomic E-state index is 11.4. The van der Waals surface area contributed by atoms with Gasteiger partial charge in [-0.1, -0.05) is 30.0 Å². The molecule has 6 nitrogen and oxygen atoms in total. The molecule has 0 bridgehead atoms. The summed E-state index contributed by atoms with van der Waals surface area (Å²) < 4.78 is 0. The van der Waals surface area contributed by atoms with Crippen LogP contribution in [-0.2, 0) is 4.79 Å². The van der Waals surface area contributed by atoms with E-state index in [4.69, 9.17) is 0 Å². The van der Waals surface area contributed by atoms with E-state index in [1.807, 2.05) is 36.6 Å². The second-order valence-corrected chi connectivity index (χ2v) is 7.01. The molecule has 0 aromatic heterocycles. The van der Waals surface area contributed by atoms with Crippen molar-refractivity contribution in [2.75, 3.05) is 6.26 Å². The highest BCUT2D eigenvalue weighted by atomic mass is 32.2. The Hall–Kier alpha value is -1.95. The average molecular weight is 346 g/mol. The second-order valence-electron chi connectivity index (χ2n) is 4.94. The minimum absolute atomic E-state index is 0.0199. The highest BCUT2D eigenvalue weighted by Crippen LogP contribution is 2.39. The molecule has 1 saturated heterocycles. The normalized spacial score (nSPS) is 26.1. The zero-order valence-electron chi connectivity index (χ0n) is 12.2. The van der Waals surface area contributed by atoms with Gasteiger partial charge in [-0.15, -0.1) is 11.8 Å². The number of hydrogen-bond acceptors (Lipinski definition) is 7. The Labute approximate surface area is 142 Å². The van der Waals surface area contributed by atoms with E-state index < -0.39 is 18.1 Å². The Kier molecular flexibility index (Phi) is 4.61. The van der Waals surface area contributed by atoms with Gasteiger partial charge in [-0.05, 0) is 18.4 Å². The molecule has 2 heterocycles. The van der Waals surface area contributed by atoms with Crippen molar-refractivity contribution in [1.82, 2.24) is 10.4 Å². The number of thioether (sulfide) groups is 2. The first kappa shape index (κ1) is 15.9. The van der Waals surface area contributed by atoms with E-state index in [0.29, 0.717) is 0 Å². The fourth-order valence-corrected chi connectivity index (χ4v) is 4.13. The molecule has 0 radical (unpaired) electrons. The van der Waals surface area contributed by atoms with Crippen LogP contribution in [0.1, 0.15) is 0 Å². The highest BCUT2D eigenvalue weighted by Gasteiger charge is 2.45. The van der Waals surface area contributed by atoms with Crippen LogP contribution in [0, 0.1) is 17.2 Å². The van der Waals surface area contributed by atoms with Crippen LogP contribution in [0.4, 0.5) is 0 Å². The van der Waals surface area contributed by atoms with Crippen LogP contribution in [0.15, 0.2) is 51.3 Å². The molecule has 2 aliphatic rings. The van der Waals surface area contributed by atoms with Gasteiger partial charge in [0.1, 0.15) is 11.6 Å². The van der Waals surface area contributed by atoms with Gasteiger partial charge in [0.05, 0.1) is 16.5 Å². The first-order valence-corrected chi connectivity index (χ1v) is 8.98. The average Bonchev–Trinajstić information content (AvgIpc) is 2.93. The third kappa shape index (κ3) is 3.08. The van der Waals surface area contributed by atoms with E-state index in [2.05, 4.69) is 16.5 Å². The number of fused-ring (bicyclic) bond motifs is 1. The maximum atomic E-state index is 11.4. The Morgan fingerprint density at radius 1 is 1.43 bits per heavy atom. The number of carboxylic acids is 1. The van der Waals surface area contributed by atoms with E-state index in [1.54, 1.807) is 11.1 Å². The smallest absolute Gasteiger partial charge is 0.354 e. The Bertz CT molecular complexity index is 714. The third-order valence-corrected chi connectivity index (χ3v) is 5.47. The molecule has 1 aromatic rings. The summed E-state index contributed by atoms with van der Waals surface area (Å²) >= 11 is 2.97. The van der Waals surface area contributed by atoms with Crippen molar-refractivity contribution in [3.05, 3.63) is 41.4 Å². The van der Waals surface area contributed by atoms with Gasteiger partial charge in [0.15, 0.2) is 6.17 Å². The molecule has 0 amide bonds. The van der Waals surface area contributed by atoms with Crippen molar-refractivity contribution in [3.63, 3.8) is 0 Å². The second kappa shape index (κ2) is 6.66. The predicted octanol–water partition coefficient (Wildman–Crippen LogP) is 2.13. The lowest BCUT2D eigenvalue weighted by molar-refractivity contribution is -0.129. The summed E-state index contributed by atoms with van der Waals surface area (Å²) in [6.07, 6.45) is 2.93. The van der Waals surface area contributed by atoms with E-state index in [1.165, 1.54) is 23.5 Å². The lowest BCUT2D eigenvalue weighted by Crippen LogP contribution is -2.40. The zero-order valence-corrected chi connectivity index (χ0v) is 13.8. The molecule has 1 fully saturated rings.